The third-order valence-electron chi connectivity index (χ3n) is 3.07. The number of aromatic nitrogens is 4. The number of hydrogen-bond acceptors (Lipinski definition) is 4. The molecule has 0 radical (unpaired) electrons. The smallest absolute Gasteiger partial charge is 0.164 e. The van der Waals surface area contributed by atoms with Gasteiger partial charge in [0.25, 0.3) is 0 Å². The highest BCUT2D eigenvalue weighted by atomic mass is 35.5. The molecule has 0 aliphatic heterocycles. The van der Waals surface area contributed by atoms with Gasteiger partial charge < -0.3 is 4.74 Å². The summed E-state index contributed by atoms with van der Waals surface area (Å²) in [5.41, 5.74) is 0. The first-order chi connectivity index (χ1) is 10.3. The van der Waals surface area contributed by atoms with Crippen molar-refractivity contribution in [2.45, 2.75) is 13.2 Å². The second kappa shape index (κ2) is 6.05. The number of aryl methyl sites for hydroxylation is 1. The molecule has 2 aromatic heterocycles. The number of hydrogen-bond donors (Lipinski definition) is 0. The topological polar surface area (TPSA) is 52.8 Å². The summed E-state index contributed by atoms with van der Waals surface area (Å²) in [6.07, 6.45) is 3.02. The number of fused-ring (bicyclic) bond motifs is 1. The van der Waals surface area contributed by atoms with E-state index >= 15 is 0 Å². The zero-order valence-corrected chi connectivity index (χ0v) is 11.8. The lowest BCUT2D eigenvalue weighted by Crippen LogP contribution is -2.10. The molecule has 21 heavy (non-hydrogen) atoms. The van der Waals surface area contributed by atoms with Gasteiger partial charge >= 0.3 is 0 Å². The van der Waals surface area contributed by atoms with Gasteiger partial charge in [0.1, 0.15) is 30.5 Å². The van der Waals surface area contributed by atoms with Gasteiger partial charge in [-0.1, -0.05) is 23.7 Å². The van der Waals surface area contributed by atoms with E-state index in [1.165, 1.54) is 11.0 Å². The van der Waals surface area contributed by atoms with Crippen molar-refractivity contribution in [1.29, 1.82) is 0 Å². The fraction of sp³-hybridized carbons (Fsp3) is 0.214. The lowest BCUT2D eigenvalue weighted by molar-refractivity contribution is 0.286. The Labute approximate surface area is 125 Å². The Balaban J connectivity index is 1.85. The fourth-order valence-electron chi connectivity index (χ4n) is 2.08. The Morgan fingerprint density at radius 3 is 2.95 bits per heavy atom. The second-order valence-corrected chi connectivity index (χ2v) is 4.69. The molecule has 0 spiro atoms. The van der Waals surface area contributed by atoms with Gasteiger partial charge in [0.2, 0.25) is 0 Å². The minimum atomic E-state index is -0.494. The van der Waals surface area contributed by atoms with E-state index in [0.717, 1.165) is 10.8 Å². The minimum Gasteiger partial charge on any atom is -0.485 e. The number of nitrogens with zero attached hydrogens (tertiary/aromatic N) is 4. The SMILES string of the molecule is FCCn1ncnc1COc1cccc2c(Cl)nccc12. The molecule has 2 heterocycles. The third-order valence-corrected chi connectivity index (χ3v) is 3.37. The quantitative estimate of drug-likeness (QED) is 0.680. The van der Waals surface area contributed by atoms with Crippen molar-refractivity contribution < 1.29 is 9.13 Å². The van der Waals surface area contributed by atoms with Crippen molar-refractivity contribution in [2.75, 3.05) is 6.67 Å². The number of ether oxygens (including phenoxy) is 1. The van der Waals surface area contributed by atoms with Crippen LogP contribution in [0, 0.1) is 0 Å². The maximum Gasteiger partial charge on any atom is 0.164 e. The third kappa shape index (κ3) is 2.80. The molecule has 0 amide bonds. The van der Waals surface area contributed by atoms with Crippen LogP contribution in [0.25, 0.3) is 10.8 Å². The molecule has 5 nitrogen and oxygen atoms in total. The fourth-order valence-corrected chi connectivity index (χ4v) is 2.30. The van der Waals surface area contributed by atoms with Gasteiger partial charge in [0.15, 0.2) is 5.82 Å². The van der Waals surface area contributed by atoms with Crippen molar-refractivity contribution in [1.82, 2.24) is 19.7 Å². The number of rotatable bonds is 5. The van der Waals surface area contributed by atoms with Crippen molar-refractivity contribution in [3.05, 3.63) is 47.8 Å². The molecule has 7 heteroatoms. The Morgan fingerprint density at radius 1 is 1.19 bits per heavy atom. The molecule has 3 aromatic rings. The van der Waals surface area contributed by atoms with Crippen LogP contribution in [0.4, 0.5) is 4.39 Å². The Hall–Kier alpha value is -2.21. The Kier molecular flexibility index (Phi) is 3.96. The highest BCUT2D eigenvalue weighted by Crippen LogP contribution is 2.29. The molecule has 108 valence electrons. The molecule has 1 aromatic carbocycles. The van der Waals surface area contributed by atoms with Gasteiger partial charge in [-0.25, -0.2) is 19.0 Å². The molecule has 0 atom stereocenters. The molecule has 0 unspecified atom stereocenters. The summed E-state index contributed by atoms with van der Waals surface area (Å²) >= 11 is 6.06. The van der Waals surface area contributed by atoms with Crippen molar-refractivity contribution in [3.63, 3.8) is 0 Å². The predicted molar refractivity (Wildman–Crippen MR) is 77.1 cm³/mol. The first-order valence-corrected chi connectivity index (χ1v) is 6.76. The lowest BCUT2D eigenvalue weighted by atomic mass is 10.1. The molecule has 0 aliphatic carbocycles. The van der Waals surface area contributed by atoms with Crippen LogP contribution in [0.1, 0.15) is 5.82 Å². The Bertz CT molecular complexity index is 762. The average molecular weight is 307 g/mol. The van der Waals surface area contributed by atoms with Gasteiger partial charge in [0, 0.05) is 17.0 Å². The molecule has 0 fully saturated rings. The van der Waals surface area contributed by atoms with Crippen LogP contribution in [0.5, 0.6) is 5.75 Å². The second-order valence-electron chi connectivity index (χ2n) is 4.33. The molecule has 3 rings (SSSR count). The number of alkyl halides is 1. The van der Waals surface area contributed by atoms with E-state index in [0.29, 0.717) is 16.7 Å². The van der Waals surface area contributed by atoms with Crippen LogP contribution >= 0.6 is 11.6 Å². The first kappa shape index (κ1) is 13.8. The van der Waals surface area contributed by atoms with Crippen LogP contribution in [0.15, 0.2) is 36.8 Å². The number of pyridine rings is 1. The molecule has 0 saturated carbocycles. The molecular formula is C14H12ClFN4O. The Morgan fingerprint density at radius 2 is 2.10 bits per heavy atom. The molecule has 0 N–H and O–H groups in total. The van der Waals surface area contributed by atoms with Gasteiger partial charge in [-0.05, 0) is 12.1 Å². The van der Waals surface area contributed by atoms with E-state index < -0.39 is 6.67 Å². The molecule has 0 bridgehead atoms. The van der Waals surface area contributed by atoms with Crippen LogP contribution < -0.4 is 4.74 Å². The first-order valence-electron chi connectivity index (χ1n) is 6.38. The molecule has 0 aliphatic rings. The summed E-state index contributed by atoms with van der Waals surface area (Å²) < 4.78 is 19.7. The monoisotopic (exact) mass is 306 g/mol. The van der Waals surface area contributed by atoms with E-state index in [1.54, 1.807) is 6.20 Å². The summed E-state index contributed by atoms with van der Waals surface area (Å²) in [6, 6.07) is 7.40. The van der Waals surface area contributed by atoms with E-state index in [9.17, 15) is 4.39 Å². The van der Waals surface area contributed by atoms with Crippen molar-refractivity contribution in [2.24, 2.45) is 0 Å². The minimum absolute atomic E-state index is 0.171. The maximum absolute atomic E-state index is 12.4. The summed E-state index contributed by atoms with van der Waals surface area (Å²) in [5.74, 6) is 1.25. The number of benzene rings is 1. The van der Waals surface area contributed by atoms with Crippen LogP contribution in [0.3, 0.4) is 0 Å². The van der Waals surface area contributed by atoms with Gasteiger partial charge in [-0.3, -0.25) is 0 Å². The van der Waals surface area contributed by atoms with Crippen molar-refractivity contribution in [3.8, 4) is 5.75 Å². The summed E-state index contributed by atoms with van der Waals surface area (Å²) in [5, 5.41) is 6.07. The zero-order valence-electron chi connectivity index (χ0n) is 11.0. The van der Waals surface area contributed by atoms with Crippen LogP contribution in [0.2, 0.25) is 5.15 Å². The van der Waals surface area contributed by atoms with Gasteiger partial charge in [-0.15, -0.1) is 0 Å². The highest BCUT2D eigenvalue weighted by molar-refractivity contribution is 6.34. The van der Waals surface area contributed by atoms with Crippen LogP contribution in [-0.2, 0) is 13.2 Å². The zero-order chi connectivity index (χ0) is 14.7. The van der Waals surface area contributed by atoms with Crippen molar-refractivity contribution >= 4 is 22.4 Å². The number of halogens is 2. The highest BCUT2D eigenvalue weighted by Gasteiger charge is 2.08. The largest absolute Gasteiger partial charge is 0.485 e. The standard InChI is InChI=1S/C14H12ClFN4O/c15-14-11-2-1-3-12(10(11)4-6-17-14)21-8-13-18-9-19-20(13)7-5-16/h1-4,6,9H,5,7-8H2. The maximum atomic E-state index is 12.4. The van der Waals surface area contributed by atoms with E-state index in [-0.39, 0.29) is 13.2 Å². The lowest BCUT2D eigenvalue weighted by Gasteiger charge is -2.10. The summed E-state index contributed by atoms with van der Waals surface area (Å²) in [7, 11) is 0. The predicted octanol–water partition coefficient (Wildman–Crippen LogP) is 3.03. The van der Waals surface area contributed by atoms with Gasteiger partial charge in [-0.2, -0.15) is 5.10 Å². The van der Waals surface area contributed by atoms with E-state index in [1.807, 2.05) is 24.3 Å². The molecule has 0 saturated heterocycles. The van der Waals surface area contributed by atoms with E-state index in [2.05, 4.69) is 15.1 Å². The normalized spacial score (nSPS) is 11.0. The summed E-state index contributed by atoms with van der Waals surface area (Å²) in [4.78, 5) is 8.11. The van der Waals surface area contributed by atoms with E-state index in [4.69, 9.17) is 16.3 Å². The summed E-state index contributed by atoms with van der Waals surface area (Å²) in [6.45, 7) is -0.116. The van der Waals surface area contributed by atoms with Gasteiger partial charge in [0.05, 0.1) is 6.54 Å². The molecular weight excluding hydrogens is 295 g/mol. The van der Waals surface area contributed by atoms with Crippen LogP contribution in [-0.4, -0.2) is 26.4 Å². The average Bonchev–Trinajstić information content (AvgIpc) is 2.93.